The highest BCUT2D eigenvalue weighted by atomic mass is 15.2. The Morgan fingerprint density at radius 3 is 2.56 bits per heavy atom. The van der Waals surface area contributed by atoms with Crippen molar-refractivity contribution in [3.63, 3.8) is 0 Å². The highest BCUT2D eigenvalue weighted by Gasteiger charge is 2.21. The fraction of sp³-hybridized carbons (Fsp3) is 0.857. The summed E-state index contributed by atoms with van der Waals surface area (Å²) in [5, 5.41) is 3.54. The Labute approximate surface area is 101 Å². The summed E-state index contributed by atoms with van der Waals surface area (Å²) in [4.78, 5) is 2.61. The number of nitrogens with one attached hydrogen (secondary N) is 1. The molecule has 0 aromatic carbocycles. The van der Waals surface area contributed by atoms with E-state index in [9.17, 15) is 0 Å². The van der Waals surface area contributed by atoms with Gasteiger partial charge < -0.3 is 5.32 Å². The van der Waals surface area contributed by atoms with E-state index in [-0.39, 0.29) is 0 Å². The first-order chi connectivity index (χ1) is 7.50. The van der Waals surface area contributed by atoms with Crippen molar-refractivity contribution in [2.24, 2.45) is 5.92 Å². The maximum atomic E-state index is 3.54. The van der Waals surface area contributed by atoms with E-state index in [0.29, 0.717) is 18.0 Å². The van der Waals surface area contributed by atoms with Crippen molar-refractivity contribution in [1.29, 1.82) is 0 Å². The van der Waals surface area contributed by atoms with Crippen LogP contribution < -0.4 is 5.32 Å². The van der Waals surface area contributed by atoms with Gasteiger partial charge in [0.05, 0.1) is 0 Å². The number of hydrogen-bond donors (Lipinski definition) is 1. The molecule has 1 N–H and O–H groups in total. The Morgan fingerprint density at radius 1 is 1.31 bits per heavy atom. The molecule has 0 saturated heterocycles. The van der Waals surface area contributed by atoms with E-state index < -0.39 is 0 Å². The van der Waals surface area contributed by atoms with Gasteiger partial charge in [-0.3, -0.25) is 4.90 Å². The molecule has 1 aliphatic heterocycles. The van der Waals surface area contributed by atoms with Gasteiger partial charge in [0.25, 0.3) is 0 Å². The fourth-order valence-corrected chi connectivity index (χ4v) is 2.24. The normalized spacial score (nSPS) is 22.0. The van der Waals surface area contributed by atoms with Crippen LogP contribution in [0.1, 0.15) is 41.0 Å². The zero-order valence-corrected chi connectivity index (χ0v) is 11.6. The molecular formula is C14H28N2. The van der Waals surface area contributed by atoms with Crippen LogP contribution in [-0.4, -0.2) is 36.6 Å². The third-order valence-electron chi connectivity index (χ3n) is 3.61. The Balaban J connectivity index is 2.38. The molecule has 0 bridgehead atoms. The highest BCUT2D eigenvalue weighted by Crippen LogP contribution is 2.17. The topological polar surface area (TPSA) is 15.3 Å². The van der Waals surface area contributed by atoms with Crippen molar-refractivity contribution in [2.45, 2.75) is 53.1 Å². The lowest BCUT2D eigenvalue weighted by atomic mass is 9.99. The molecule has 0 radical (unpaired) electrons. The van der Waals surface area contributed by atoms with Gasteiger partial charge in [0.1, 0.15) is 0 Å². The largest absolute Gasteiger partial charge is 0.314 e. The fourth-order valence-electron chi connectivity index (χ4n) is 2.24. The summed E-state index contributed by atoms with van der Waals surface area (Å²) in [5.74, 6) is 0.716. The van der Waals surface area contributed by atoms with Crippen LogP contribution in [0.3, 0.4) is 0 Å². The molecule has 0 aromatic heterocycles. The second-order valence-electron chi connectivity index (χ2n) is 5.59. The lowest BCUT2D eigenvalue weighted by Gasteiger charge is -2.35. The molecule has 1 heterocycles. The molecule has 0 aliphatic carbocycles. The number of rotatable bonds is 5. The van der Waals surface area contributed by atoms with Crippen LogP contribution >= 0.6 is 0 Å². The molecule has 2 heteroatoms. The predicted molar refractivity (Wildman–Crippen MR) is 71.7 cm³/mol. The van der Waals surface area contributed by atoms with Gasteiger partial charge in [0, 0.05) is 25.2 Å². The number of hydrogen-bond acceptors (Lipinski definition) is 2. The quantitative estimate of drug-likeness (QED) is 0.722. The van der Waals surface area contributed by atoms with Crippen molar-refractivity contribution >= 4 is 0 Å². The molecule has 1 rings (SSSR count). The molecular weight excluding hydrogens is 196 g/mol. The molecule has 0 amide bonds. The first kappa shape index (κ1) is 13.7. The molecule has 0 spiro atoms. The van der Waals surface area contributed by atoms with Gasteiger partial charge in [-0.15, -0.1) is 0 Å². The molecule has 0 fully saturated rings. The third-order valence-corrected chi connectivity index (χ3v) is 3.61. The Kier molecular flexibility index (Phi) is 5.50. The van der Waals surface area contributed by atoms with E-state index in [4.69, 9.17) is 0 Å². The lowest BCUT2D eigenvalue weighted by Crippen LogP contribution is -2.44. The maximum Gasteiger partial charge on any atom is 0.0193 e. The van der Waals surface area contributed by atoms with Crippen molar-refractivity contribution in [3.05, 3.63) is 11.6 Å². The average molecular weight is 224 g/mol. The van der Waals surface area contributed by atoms with Crippen LogP contribution in [0.25, 0.3) is 0 Å². The van der Waals surface area contributed by atoms with Crippen molar-refractivity contribution < 1.29 is 0 Å². The van der Waals surface area contributed by atoms with Gasteiger partial charge in [0.2, 0.25) is 0 Å². The minimum absolute atomic E-state index is 0.595. The molecule has 2 atom stereocenters. The molecule has 2 unspecified atom stereocenters. The molecule has 2 nitrogen and oxygen atoms in total. The van der Waals surface area contributed by atoms with E-state index in [2.05, 4.69) is 50.9 Å². The summed E-state index contributed by atoms with van der Waals surface area (Å²) in [5.41, 5.74) is 1.53. The lowest BCUT2D eigenvalue weighted by molar-refractivity contribution is 0.167. The summed E-state index contributed by atoms with van der Waals surface area (Å²) in [6.07, 6.45) is 3.60. The predicted octanol–water partition coefficient (Wildman–Crippen LogP) is 2.66. The molecule has 94 valence electrons. The van der Waals surface area contributed by atoms with Gasteiger partial charge >= 0.3 is 0 Å². The number of nitrogens with zero attached hydrogens (tertiary/aromatic N) is 1. The first-order valence-electron chi connectivity index (χ1n) is 6.63. The molecule has 1 aliphatic rings. The first-order valence-corrected chi connectivity index (χ1v) is 6.63. The standard InChI is InChI=1S/C14H28N2/c1-11(2)15-9-13(4)14(5)16-8-6-7-12(3)10-16/h7,11,13-15H,6,8-10H2,1-5H3. The minimum Gasteiger partial charge on any atom is -0.314 e. The summed E-state index contributed by atoms with van der Waals surface area (Å²) < 4.78 is 0. The summed E-state index contributed by atoms with van der Waals surface area (Å²) >= 11 is 0. The average Bonchev–Trinajstić information content (AvgIpc) is 2.24. The molecule has 16 heavy (non-hydrogen) atoms. The Bertz CT molecular complexity index is 233. The Morgan fingerprint density at radius 2 is 2.00 bits per heavy atom. The van der Waals surface area contributed by atoms with Crippen LogP contribution in [0, 0.1) is 5.92 Å². The SMILES string of the molecule is CC1=CCCN(C(C)C(C)CNC(C)C)C1. The zero-order chi connectivity index (χ0) is 12.1. The van der Waals surface area contributed by atoms with Gasteiger partial charge in [0.15, 0.2) is 0 Å². The second-order valence-corrected chi connectivity index (χ2v) is 5.59. The maximum absolute atomic E-state index is 3.54. The minimum atomic E-state index is 0.595. The van der Waals surface area contributed by atoms with Gasteiger partial charge in [-0.25, -0.2) is 0 Å². The summed E-state index contributed by atoms with van der Waals surface area (Å²) in [6.45, 7) is 14.9. The van der Waals surface area contributed by atoms with E-state index in [0.717, 1.165) is 13.1 Å². The van der Waals surface area contributed by atoms with Crippen LogP contribution in [0.2, 0.25) is 0 Å². The Hall–Kier alpha value is -0.340. The molecule has 0 saturated carbocycles. The van der Waals surface area contributed by atoms with Gasteiger partial charge in [-0.05, 0) is 32.7 Å². The van der Waals surface area contributed by atoms with E-state index in [1.54, 1.807) is 0 Å². The van der Waals surface area contributed by atoms with Crippen LogP contribution in [0.15, 0.2) is 11.6 Å². The van der Waals surface area contributed by atoms with Gasteiger partial charge in [-0.2, -0.15) is 0 Å². The zero-order valence-electron chi connectivity index (χ0n) is 11.6. The molecule has 0 aromatic rings. The van der Waals surface area contributed by atoms with Crippen LogP contribution in [-0.2, 0) is 0 Å². The summed E-state index contributed by atoms with van der Waals surface area (Å²) in [6, 6.07) is 1.27. The third kappa shape index (κ3) is 4.26. The summed E-state index contributed by atoms with van der Waals surface area (Å²) in [7, 11) is 0. The monoisotopic (exact) mass is 224 g/mol. The van der Waals surface area contributed by atoms with Crippen molar-refractivity contribution in [2.75, 3.05) is 19.6 Å². The van der Waals surface area contributed by atoms with Gasteiger partial charge in [-0.1, -0.05) is 32.4 Å². The van der Waals surface area contributed by atoms with E-state index in [1.807, 2.05) is 0 Å². The van der Waals surface area contributed by atoms with E-state index in [1.165, 1.54) is 18.5 Å². The van der Waals surface area contributed by atoms with Crippen LogP contribution in [0.4, 0.5) is 0 Å². The second kappa shape index (κ2) is 6.41. The van der Waals surface area contributed by atoms with Crippen molar-refractivity contribution in [3.8, 4) is 0 Å². The highest BCUT2D eigenvalue weighted by molar-refractivity contribution is 5.05. The van der Waals surface area contributed by atoms with E-state index >= 15 is 0 Å². The smallest absolute Gasteiger partial charge is 0.0193 e. The van der Waals surface area contributed by atoms with Crippen LogP contribution in [0.5, 0.6) is 0 Å². The van der Waals surface area contributed by atoms with Crippen molar-refractivity contribution in [1.82, 2.24) is 10.2 Å².